The third-order valence-corrected chi connectivity index (χ3v) is 3.88. The van der Waals surface area contributed by atoms with E-state index in [2.05, 4.69) is 0 Å². The molecule has 1 N–H and O–H groups in total. The summed E-state index contributed by atoms with van der Waals surface area (Å²) < 4.78 is 66.0. The summed E-state index contributed by atoms with van der Waals surface area (Å²) in [4.78, 5) is 13.3. The number of amides is 1. The second-order valence-electron chi connectivity index (χ2n) is 5.61. The van der Waals surface area contributed by atoms with E-state index in [4.69, 9.17) is 0 Å². The van der Waals surface area contributed by atoms with Crippen molar-refractivity contribution in [2.45, 2.75) is 37.5 Å². The van der Waals surface area contributed by atoms with Crippen molar-refractivity contribution in [1.82, 2.24) is 4.90 Å². The van der Waals surface area contributed by atoms with E-state index < -0.39 is 47.7 Å². The van der Waals surface area contributed by atoms with Crippen LogP contribution in [-0.2, 0) is 4.79 Å². The molecular weight excluding hydrogens is 321 g/mol. The van der Waals surface area contributed by atoms with Gasteiger partial charge in [-0.05, 0) is 30.5 Å². The van der Waals surface area contributed by atoms with Crippen molar-refractivity contribution >= 4 is 5.91 Å². The highest BCUT2D eigenvalue weighted by Crippen LogP contribution is 2.38. The number of piperidine rings is 1. The lowest BCUT2D eigenvalue weighted by molar-refractivity contribution is -0.161. The predicted molar refractivity (Wildman–Crippen MR) is 71.6 cm³/mol. The van der Waals surface area contributed by atoms with Gasteiger partial charge in [-0.3, -0.25) is 4.79 Å². The van der Waals surface area contributed by atoms with Gasteiger partial charge in [-0.25, -0.2) is 8.78 Å². The van der Waals surface area contributed by atoms with Crippen molar-refractivity contribution in [3.8, 4) is 0 Å². The first kappa shape index (κ1) is 17.7. The van der Waals surface area contributed by atoms with Crippen LogP contribution in [0.3, 0.4) is 0 Å². The van der Waals surface area contributed by atoms with E-state index in [-0.39, 0.29) is 13.1 Å². The number of benzene rings is 1. The van der Waals surface area contributed by atoms with Crippen molar-refractivity contribution in [1.29, 1.82) is 0 Å². The van der Waals surface area contributed by atoms with Crippen molar-refractivity contribution in [3.05, 3.63) is 35.4 Å². The van der Waals surface area contributed by atoms with Gasteiger partial charge in [0.2, 0.25) is 5.91 Å². The van der Waals surface area contributed by atoms with Crippen LogP contribution < -0.4 is 0 Å². The number of rotatable bonds is 3. The molecule has 23 heavy (non-hydrogen) atoms. The number of aliphatic hydroxyl groups is 1. The van der Waals surface area contributed by atoms with Crippen LogP contribution in [-0.4, -0.2) is 41.3 Å². The van der Waals surface area contributed by atoms with Crippen LogP contribution >= 0.6 is 0 Å². The second kappa shape index (κ2) is 6.82. The summed E-state index contributed by atoms with van der Waals surface area (Å²) in [5.41, 5.74) is -0.611. The Balaban J connectivity index is 2.18. The van der Waals surface area contributed by atoms with Crippen LogP contribution in [0.25, 0.3) is 0 Å². The quantitative estimate of drug-likeness (QED) is 0.862. The van der Waals surface area contributed by atoms with Gasteiger partial charge in [0, 0.05) is 25.6 Å². The van der Waals surface area contributed by atoms with Gasteiger partial charge >= 0.3 is 6.18 Å². The molecular formula is C15H16F5NO2. The van der Waals surface area contributed by atoms with Gasteiger partial charge in [0.25, 0.3) is 0 Å². The molecule has 0 radical (unpaired) electrons. The Bertz CT molecular complexity index is 547. The molecule has 0 saturated carbocycles. The van der Waals surface area contributed by atoms with Gasteiger partial charge in [0.1, 0.15) is 11.6 Å². The molecule has 1 unspecified atom stereocenters. The number of carbonyl (C=O) groups is 1. The molecule has 1 aromatic rings. The Hall–Kier alpha value is -1.70. The topological polar surface area (TPSA) is 40.5 Å². The van der Waals surface area contributed by atoms with E-state index in [0.717, 1.165) is 0 Å². The Kier molecular flexibility index (Phi) is 5.23. The fourth-order valence-corrected chi connectivity index (χ4v) is 2.62. The van der Waals surface area contributed by atoms with Crippen LogP contribution in [0.15, 0.2) is 18.2 Å². The van der Waals surface area contributed by atoms with Crippen LogP contribution in [0.2, 0.25) is 0 Å². The monoisotopic (exact) mass is 337 g/mol. The molecule has 0 aromatic heterocycles. The Morgan fingerprint density at radius 2 is 1.70 bits per heavy atom. The van der Waals surface area contributed by atoms with Crippen molar-refractivity contribution < 1.29 is 31.9 Å². The zero-order chi connectivity index (χ0) is 17.2. The molecule has 1 heterocycles. The van der Waals surface area contributed by atoms with E-state index in [9.17, 15) is 31.9 Å². The molecule has 128 valence electrons. The molecule has 0 bridgehead atoms. The fraction of sp³-hybridized carbons (Fsp3) is 0.533. The van der Waals surface area contributed by atoms with E-state index in [1.807, 2.05) is 0 Å². The maximum atomic E-state index is 13.2. The number of alkyl halides is 3. The van der Waals surface area contributed by atoms with Gasteiger partial charge < -0.3 is 10.0 Å². The first-order chi connectivity index (χ1) is 10.7. The summed E-state index contributed by atoms with van der Waals surface area (Å²) in [6.07, 6.45) is -5.67. The predicted octanol–water partition coefficient (Wildman–Crippen LogP) is 2.98. The molecule has 1 amide bonds. The molecule has 1 aromatic carbocycles. The van der Waals surface area contributed by atoms with E-state index >= 15 is 0 Å². The smallest absolute Gasteiger partial charge is 0.393 e. The van der Waals surface area contributed by atoms with Crippen LogP contribution in [0.1, 0.15) is 30.7 Å². The number of hydrogen-bond donors (Lipinski definition) is 1. The fourth-order valence-electron chi connectivity index (χ4n) is 2.62. The van der Waals surface area contributed by atoms with Gasteiger partial charge in [-0.1, -0.05) is 0 Å². The number of carbonyl (C=O) groups excluding carboxylic acids is 1. The molecule has 2 rings (SSSR count). The Morgan fingerprint density at radius 1 is 1.17 bits per heavy atom. The first-order valence-electron chi connectivity index (χ1n) is 7.15. The third-order valence-electron chi connectivity index (χ3n) is 3.88. The largest absolute Gasteiger partial charge is 0.396 e. The zero-order valence-corrected chi connectivity index (χ0v) is 12.1. The Morgan fingerprint density at radius 3 is 2.17 bits per heavy atom. The molecule has 1 aliphatic heterocycles. The van der Waals surface area contributed by atoms with Gasteiger partial charge in [-0.15, -0.1) is 0 Å². The van der Waals surface area contributed by atoms with E-state index in [1.165, 1.54) is 4.90 Å². The SMILES string of the molecule is O=C(CC(c1cc(F)cc(F)c1)C(F)(F)F)N1CCC(O)CC1. The van der Waals surface area contributed by atoms with Crippen LogP contribution in [0, 0.1) is 11.6 Å². The minimum Gasteiger partial charge on any atom is -0.393 e. The lowest BCUT2D eigenvalue weighted by Gasteiger charge is -2.31. The normalized spacial score (nSPS) is 18.1. The highest BCUT2D eigenvalue weighted by atomic mass is 19.4. The number of likely N-dealkylation sites (tertiary alicyclic amines) is 1. The average Bonchev–Trinajstić information content (AvgIpc) is 2.42. The number of nitrogens with zero attached hydrogens (tertiary/aromatic N) is 1. The van der Waals surface area contributed by atoms with Gasteiger partial charge in [0.05, 0.1) is 12.0 Å². The molecule has 0 aliphatic carbocycles. The highest BCUT2D eigenvalue weighted by Gasteiger charge is 2.43. The number of halogens is 5. The van der Waals surface area contributed by atoms with E-state index in [0.29, 0.717) is 31.0 Å². The summed E-state index contributed by atoms with van der Waals surface area (Å²) in [7, 11) is 0. The third kappa shape index (κ3) is 4.63. The second-order valence-corrected chi connectivity index (χ2v) is 5.61. The summed E-state index contributed by atoms with van der Waals surface area (Å²) >= 11 is 0. The average molecular weight is 337 g/mol. The number of aliphatic hydroxyl groups excluding tert-OH is 1. The lowest BCUT2D eigenvalue weighted by Crippen LogP contribution is -2.41. The Labute approximate surface area is 129 Å². The van der Waals surface area contributed by atoms with Crippen LogP contribution in [0.5, 0.6) is 0 Å². The summed E-state index contributed by atoms with van der Waals surface area (Å²) in [5.74, 6) is -5.26. The molecule has 1 saturated heterocycles. The van der Waals surface area contributed by atoms with Crippen LogP contribution in [0.4, 0.5) is 22.0 Å². The van der Waals surface area contributed by atoms with Crippen molar-refractivity contribution in [3.63, 3.8) is 0 Å². The standard InChI is InChI=1S/C15H16F5NO2/c16-10-5-9(6-11(17)7-10)13(15(18,19)20)8-14(23)21-3-1-12(22)2-4-21/h5-7,12-13,22H,1-4,8H2. The maximum Gasteiger partial charge on any atom is 0.396 e. The van der Waals surface area contributed by atoms with Gasteiger partial charge in [0.15, 0.2) is 0 Å². The zero-order valence-electron chi connectivity index (χ0n) is 12.1. The number of hydrogen-bond acceptors (Lipinski definition) is 2. The van der Waals surface area contributed by atoms with Crippen molar-refractivity contribution in [2.24, 2.45) is 0 Å². The van der Waals surface area contributed by atoms with E-state index in [1.54, 1.807) is 0 Å². The maximum absolute atomic E-state index is 13.2. The van der Waals surface area contributed by atoms with Crippen molar-refractivity contribution in [2.75, 3.05) is 13.1 Å². The summed E-state index contributed by atoms with van der Waals surface area (Å²) in [6, 6.07) is 1.66. The molecule has 0 spiro atoms. The van der Waals surface area contributed by atoms with Gasteiger partial charge in [-0.2, -0.15) is 13.2 Å². The molecule has 1 aliphatic rings. The molecule has 8 heteroatoms. The minimum absolute atomic E-state index is 0.169. The molecule has 1 fully saturated rings. The first-order valence-corrected chi connectivity index (χ1v) is 7.15. The highest BCUT2D eigenvalue weighted by molar-refractivity contribution is 5.77. The molecule has 3 nitrogen and oxygen atoms in total. The summed E-state index contributed by atoms with van der Waals surface area (Å²) in [6.45, 7) is 0.337. The summed E-state index contributed by atoms with van der Waals surface area (Å²) in [5, 5.41) is 9.36. The minimum atomic E-state index is -4.80. The lowest BCUT2D eigenvalue weighted by atomic mass is 9.93. The molecule has 1 atom stereocenters.